The summed E-state index contributed by atoms with van der Waals surface area (Å²) in [5.74, 6) is -7.22. The number of rotatable bonds is 4. The van der Waals surface area contributed by atoms with Crippen LogP contribution in [0.2, 0.25) is 0 Å². The lowest BCUT2D eigenvalue weighted by Gasteiger charge is -2.15. The second-order valence-electron chi connectivity index (χ2n) is 2.46. The van der Waals surface area contributed by atoms with Crippen LogP contribution in [0.4, 0.5) is 17.6 Å². The summed E-state index contributed by atoms with van der Waals surface area (Å²) in [6, 6.07) is 0. The van der Waals surface area contributed by atoms with Crippen molar-refractivity contribution in [2.75, 3.05) is 13.2 Å². The van der Waals surface area contributed by atoms with E-state index in [9.17, 15) is 27.2 Å². The highest BCUT2D eigenvalue weighted by atomic mass is 19.3. The van der Waals surface area contributed by atoms with E-state index in [2.05, 4.69) is 4.74 Å². The van der Waals surface area contributed by atoms with Gasteiger partial charge in [-0.25, -0.2) is 13.6 Å². The molecule has 1 N–H and O–H groups in total. The Morgan fingerprint density at radius 3 is 2.33 bits per heavy atom. The molecule has 0 aliphatic heterocycles. The first-order valence-electron chi connectivity index (χ1n) is 3.92. The van der Waals surface area contributed by atoms with Crippen LogP contribution in [-0.4, -0.2) is 37.4 Å². The van der Waals surface area contributed by atoms with E-state index in [4.69, 9.17) is 0 Å². The molecule has 0 aliphatic rings. The van der Waals surface area contributed by atoms with Gasteiger partial charge in [-0.3, -0.25) is 4.79 Å². The van der Waals surface area contributed by atoms with Crippen molar-refractivity contribution in [1.29, 1.82) is 0 Å². The lowest BCUT2D eigenvalue weighted by atomic mass is 10.3. The predicted molar refractivity (Wildman–Crippen MR) is 40.6 cm³/mol. The summed E-state index contributed by atoms with van der Waals surface area (Å²) in [4.78, 5) is 21.2. The molecule has 15 heavy (non-hydrogen) atoms. The average molecular weight is 231 g/mol. The maximum absolute atomic E-state index is 12.2. The molecule has 8 heteroatoms. The van der Waals surface area contributed by atoms with Gasteiger partial charge in [0.15, 0.2) is 0 Å². The first-order valence-corrected chi connectivity index (χ1v) is 3.92. The third-order valence-electron chi connectivity index (χ3n) is 1.26. The highest BCUT2D eigenvalue weighted by Crippen LogP contribution is 2.21. The minimum absolute atomic E-state index is 0.114. The normalized spacial score (nSPS) is 11.3. The fourth-order valence-electron chi connectivity index (χ4n) is 0.544. The Balaban J connectivity index is 4.06. The first kappa shape index (κ1) is 13.7. The molecule has 1 amide bonds. The summed E-state index contributed by atoms with van der Waals surface area (Å²) in [6.07, 6.45) is -3.90. The third-order valence-corrected chi connectivity index (χ3v) is 1.26. The number of carbonyl (C=O) groups is 2. The van der Waals surface area contributed by atoms with Gasteiger partial charge in [0.25, 0.3) is 0 Å². The van der Waals surface area contributed by atoms with Gasteiger partial charge in [0.1, 0.15) is 0 Å². The molecule has 0 aromatic carbocycles. The molecule has 0 unspecified atom stereocenters. The summed E-state index contributed by atoms with van der Waals surface area (Å²) in [5.41, 5.74) is 0. The predicted octanol–water partition coefficient (Wildman–Crippen LogP) is 0.566. The van der Waals surface area contributed by atoms with E-state index in [0.717, 1.165) is 0 Å². The van der Waals surface area contributed by atoms with Crippen LogP contribution < -0.4 is 5.32 Å². The molecular formula is C7H9F4NO3. The topological polar surface area (TPSA) is 55.4 Å². The molecule has 0 saturated heterocycles. The minimum atomic E-state index is -4.36. The van der Waals surface area contributed by atoms with Crippen molar-refractivity contribution in [3.05, 3.63) is 0 Å². The number of hydrogen-bond donors (Lipinski definition) is 1. The highest BCUT2D eigenvalue weighted by molar-refractivity contribution is 6.32. The van der Waals surface area contributed by atoms with E-state index >= 15 is 0 Å². The Morgan fingerprint density at radius 1 is 1.40 bits per heavy atom. The highest BCUT2D eigenvalue weighted by Gasteiger charge is 2.41. The van der Waals surface area contributed by atoms with Gasteiger partial charge in [-0.1, -0.05) is 0 Å². The van der Waals surface area contributed by atoms with Gasteiger partial charge >= 0.3 is 24.2 Å². The zero-order chi connectivity index (χ0) is 12.1. The van der Waals surface area contributed by atoms with Gasteiger partial charge < -0.3 is 10.1 Å². The Morgan fingerprint density at radius 2 is 1.93 bits per heavy atom. The maximum atomic E-state index is 12.2. The second-order valence-corrected chi connectivity index (χ2v) is 2.46. The zero-order valence-electron chi connectivity index (χ0n) is 7.73. The van der Waals surface area contributed by atoms with Gasteiger partial charge in [-0.2, -0.15) is 8.78 Å². The molecule has 0 aliphatic carbocycles. The largest absolute Gasteiger partial charge is 0.459 e. The summed E-state index contributed by atoms with van der Waals surface area (Å²) in [5, 5.41) is 1.35. The maximum Gasteiger partial charge on any atom is 0.396 e. The number of ether oxygens (including phenoxy) is 1. The van der Waals surface area contributed by atoms with Crippen molar-refractivity contribution in [3.8, 4) is 0 Å². The molecule has 0 radical (unpaired) electrons. The molecule has 0 fully saturated rings. The van der Waals surface area contributed by atoms with Gasteiger partial charge in [0, 0.05) is 0 Å². The Hall–Kier alpha value is -1.34. The molecule has 0 atom stereocenters. The van der Waals surface area contributed by atoms with E-state index < -0.39 is 30.8 Å². The molecule has 0 aromatic heterocycles. The summed E-state index contributed by atoms with van der Waals surface area (Å²) in [7, 11) is 0. The van der Waals surface area contributed by atoms with Crippen molar-refractivity contribution >= 4 is 11.9 Å². The van der Waals surface area contributed by atoms with E-state index in [1.807, 2.05) is 0 Å². The SMILES string of the molecule is CCOC(=O)C(=O)NCC(F)(F)C(F)F. The molecule has 88 valence electrons. The van der Waals surface area contributed by atoms with Gasteiger partial charge in [0.2, 0.25) is 0 Å². The lowest BCUT2D eigenvalue weighted by Crippen LogP contribution is -2.44. The van der Waals surface area contributed by atoms with Crippen LogP contribution in [0.3, 0.4) is 0 Å². The molecule has 0 aromatic rings. The van der Waals surface area contributed by atoms with Crippen LogP contribution in [0.5, 0.6) is 0 Å². The summed E-state index contributed by atoms with van der Waals surface area (Å²) < 4.78 is 51.8. The first-order chi connectivity index (χ1) is 6.81. The molecule has 4 nitrogen and oxygen atoms in total. The van der Waals surface area contributed by atoms with Crippen molar-refractivity contribution < 1.29 is 31.9 Å². The Labute approximate surface area is 82.6 Å². The zero-order valence-corrected chi connectivity index (χ0v) is 7.73. The van der Waals surface area contributed by atoms with Crippen LogP contribution in [-0.2, 0) is 14.3 Å². The second kappa shape index (κ2) is 5.52. The van der Waals surface area contributed by atoms with Crippen molar-refractivity contribution in [2.45, 2.75) is 19.3 Å². The monoisotopic (exact) mass is 231 g/mol. The van der Waals surface area contributed by atoms with Crippen LogP contribution in [0.1, 0.15) is 6.92 Å². The van der Waals surface area contributed by atoms with E-state index in [1.165, 1.54) is 12.2 Å². The smallest absolute Gasteiger partial charge is 0.396 e. The van der Waals surface area contributed by atoms with Crippen LogP contribution >= 0.6 is 0 Å². The van der Waals surface area contributed by atoms with Crippen LogP contribution in [0, 0.1) is 0 Å². The van der Waals surface area contributed by atoms with Crippen LogP contribution in [0.15, 0.2) is 0 Å². The number of carbonyl (C=O) groups excluding carboxylic acids is 2. The van der Waals surface area contributed by atoms with Gasteiger partial charge in [-0.05, 0) is 6.92 Å². The number of nitrogens with one attached hydrogen (secondary N) is 1. The standard InChI is InChI=1S/C7H9F4NO3/c1-2-15-5(14)4(13)12-3-7(10,11)6(8)9/h6H,2-3H2,1H3,(H,12,13). The quantitative estimate of drug-likeness (QED) is 0.437. The molecular weight excluding hydrogens is 222 g/mol. The Bertz CT molecular complexity index is 244. The fourth-order valence-corrected chi connectivity index (χ4v) is 0.544. The van der Waals surface area contributed by atoms with E-state index in [1.54, 1.807) is 0 Å². The van der Waals surface area contributed by atoms with Gasteiger partial charge in [-0.15, -0.1) is 0 Å². The number of alkyl halides is 4. The van der Waals surface area contributed by atoms with Crippen molar-refractivity contribution in [2.24, 2.45) is 0 Å². The number of esters is 1. The minimum Gasteiger partial charge on any atom is -0.459 e. The third kappa shape index (κ3) is 4.61. The summed E-state index contributed by atoms with van der Waals surface area (Å²) >= 11 is 0. The number of amides is 1. The average Bonchev–Trinajstić information content (AvgIpc) is 2.14. The van der Waals surface area contributed by atoms with E-state index in [-0.39, 0.29) is 6.61 Å². The number of halogens is 4. The Kier molecular flexibility index (Phi) is 5.03. The van der Waals surface area contributed by atoms with Crippen molar-refractivity contribution in [3.63, 3.8) is 0 Å². The molecule has 0 spiro atoms. The molecule has 0 rings (SSSR count). The lowest BCUT2D eigenvalue weighted by molar-refractivity contribution is -0.157. The fraction of sp³-hybridized carbons (Fsp3) is 0.714. The van der Waals surface area contributed by atoms with Crippen molar-refractivity contribution in [1.82, 2.24) is 5.32 Å². The van der Waals surface area contributed by atoms with E-state index in [0.29, 0.717) is 0 Å². The summed E-state index contributed by atoms with van der Waals surface area (Å²) in [6.45, 7) is -0.321. The molecule has 0 saturated carbocycles. The number of hydrogen-bond acceptors (Lipinski definition) is 3. The van der Waals surface area contributed by atoms with Gasteiger partial charge in [0.05, 0.1) is 13.2 Å². The van der Waals surface area contributed by atoms with Crippen LogP contribution in [0.25, 0.3) is 0 Å². The molecule has 0 heterocycles. The molecule has 0 bridgehead atoms.